The second kappa shape index (κ2) is 10.5. The third kappa shape index (κ3) is 7.59. The summed E-state index contributed by atoms with van der Waals surface area (Å²) in [4.78, 5) is 16.6. The van der Waals surface area contributed by atoms with Gasteiger partial charge in [0, 0.05) is 32.9 Å². The van der Waals surface area contributed by atoms with Crippen molar-refractivity contribution in [2.45, 2.75) is 78.9 Å². The Balaban J connectivity index is 2.63. The van der Waals surface area contributed by atoms with E-state index in [1.807, 2.05) is 39.4 Å². The van der Waals surface area contributed by atoms with E-state index in [4.69, 9.17) is 4.74 Å². The molecule has 1 heterocycles. The number of carbonyl (C=O) groups excluding carboxylic acids is 1. The maximum absolute atomic E-state index is 12.3. The number of ether oxygens (including phenoxy) is 1. The summed E-state index contributed by atoms with van der Waals surface area (Å²) in [6, 6.07) is 0. The molecular formula is C21H40N6O2. The lowest BCUT2D eigenvalue weighted by atomic mass is 9.93. The van der Waals surface area contributed by atoms with Gasteiger partial charge in [0.15, 0.2) is 5.96 Å². The van der Waals surface area contributed by atoms with Crippen molar-refractivity contribution in [3.8, 4) is 0 Å². The van der Waals surface area contributed by atoms with Crippen LogP contribution in [-0.4, -0.2) is 53.1 Å². The number of aliphatic imine (C=N–C) groups is 1. The Kier molecular flexibility index (Phi) is 8.98. The molecule has 0 aliphatic carbocycles. The van der Waals surface area contributed by atoms with E-state index in [-0.39, 0.29) is 0 Å². The first-order valence-corrected chi connectivity index (χ1v) is 10.4. The van der Waals surface area contributed by atoms with Gasteiger partial charge in [-0.15, -0.1) is 0 Å². The number of rotatable bonds is 8. The first-order chi connectivity index (χ1) is 13.5. The maximum atomic E-state index is 12.3. The Morgan fingerprint density at radius 2 is 1.79 bits per heavy atom. The van der Waals surface area contributed by atoms with Gasteiger partial charge in [0.05, 0.1) is 11.2 Å². The first kappa shape index (κ1) is 24.8. The van der Waals surface area contributed by atoms with Crippen LogP contribution in [0.2, 0.25) is 0 Å². The maximum Gasteiger partial charge on any atom is 0.408 e. The monoisotopic (exact) mass is 408 g/mol. The Morgan fingerprint density at radius 1 is 1.17 bits per heavy atom. The highest BCUT2D eigenvalue weighted by atomic mass is 16.6. The molecule has 166 valence electrons. The average molecular weight is 409 g/mol. The van der Waals surface area contributed by atoms with Gasteiger partial charge in [-0.25, -0.2) is 4.79 Å². The SMILES string of the molecule is CCC(CC)(CNC(=NC)NCCc1c(C)nn(C)c1C)NC(=O)OC(C)(C)C. The quantitative estimate of drug-likeness (QED) is 0.454. The summed E-state index contributed by atoms with van der Waals surface area (Å²) < 4.78 is 7.35. The fourth-order valence-electron chi connectivity index (χ4n) is 3.20. The molecule has 1 aromatic rings. The van der Waals surface area contributed by atoms with E-state index >= 15 is 0 Å². The van der Waals surface area contributed by atoms with Crippen LogP contribution in [0.15, 0.2) is 4.99 Å². The van der Waals surface area contributed by atoms with Gasteiger partial charge in [0.2, 0.25) is 0 Å². The van der Waals surface area contributed by atoms with Crippen molar-refractivity contribution >= 4 is 12.1 Å². The highest BCUT2D eigenvalue weighted by molar-refractivity contribution is 5.79. The number of aryl methyl sites for hydroxylation is 2. The summed E-state index contributed by atoms with van der Waals surface area (Å²) in [5.74, 6) is 0.710. The van der Waals surface area contributed by atoms with Gasteiger partial charge in [0.25, 0.3) is 0 Å². The van der Waals surface area contributed by atoms with Crippen molar-refractivity contribution < 1.29 is 9.53 Å². The van der Waals surface area contributed by atoms with Crippen LogP contribution >= 0.6 is 0 Å². The number of amides is 1. The second-order valence-corrected chi connectivity index (χ2v) is 8.49. The zero-order valence-electron chi connectivity index (χ0n) is 19.7. The molecule has 0 aliphatic heterocycles. The zero-order chi connectivity index (χ0) is 22.2. The minimum absolute atomic E-state index is 0.395. The van der Waals surface area contributed by atoms with Gasteiger partial charge in [0.1, 0.15) is 5.60 Å². The lowest BCUT2D eigenvalue weighted by Gasteiger charge is -2.34. The van der Waals surface area contributed by atoms with Crippen LogP contribution in [0.5, 0.6) is 0 Å². The van der Waals surface area contributed by atoms with E-state index < -0.39 is 17.2 Å². The van der Waals surface area contributed by atoms with Crippen LogP contribution < -0.4 is 16.0 Å². The summed E-state index contributed by atoms with van der Waals surface area (Å²) in [5.41, 5.74) is 2.58. The number of aromatic nitrogens is 2. The van der Waals surface area contributed by atoms with Crippen molar-refractivity contribution in [1.29, 1.82) is 0 Å². The number of hydrogen-bond donors (Lipinski definition) is 3. The molecule has 8 heteroatoms. The van der Waals surface area contributed by atoms with E-state index in [2.05, 4.69) is 46.8 Å². The number of carbonyl (C=O) groups is 1. The van der Waals surface area contributed by atoms with E-state index in [1.165, 1.54) is 11.3 Å². The van der Waals surface area contributed by atoms with Crippen LogP contribution in [0, 0.1) is 13.8 Å². The van der Waals surface area contributed by atoms with Crippen LogP contribution in [-0.2, 0) is 18.2 Å². The van der Waals surface area contributed by atoms with Gasteiger partial charge in [-0.1, -0.05) is 13.8 Å². The minimum atomic E-state index is -0.523. The molecular weight excluding hydrogens is 368 g/mol. The van der Waals surface area contributed by atoms with Gasteiger partial charge in [-0.2, -0.15) is 5.10 Å². The number of hydrogen-bond acceptors (Lipinski definition) is 4. The molecule has 0 unspecified atom stereocenters. The highest BCUT2D eigenvalue weighted by Gasteiger charge is 2.30. The second-order valence-electron chi connectivity index (χ2n) is 8.49. The van der Waals surface area contributed by atoms with Crippen LogP contribution in [0.4, 0.5) is 4.79 Å². The lowest BCUT2D eigenvalue weighted by molar-refractivity contribution is 0.0448. The Morgan fingerprint density at radius 3 is 2.24 bits per heavy atom. The molecule has 1 rings (SSSR count). The molecule has 0 bridgehead atoms. The molecule has 0 radical (unpaired) electrons. The van der Waals surface area contributed by atoms with Gasteiger partial charge in [-0.3, -0.25) is 9.67 Å². The molecule has 3 N–H and O–H groups in total. The smallest absolute Gasteiger partial charge is 0.408 e. The van der Waals surface area contributed by atoms with Gasteiger partial charge >= 0.3 is 6.09 Å². The van der Waals surface area contributed by atoms with E-state index in [1.54, 1.807) is 7.05 Å². The molecule has 0 aliphatic rings. The Bertz CT molecular complexity index is 699. The summed E-state index contributed by atoms with van der Waals surface area (Å²) in [6.45, 7) is 15.1. The van der Waals surface area contributed by atoms with Crippen molar-refractivity contribution in [2.24, 2.45) is 12.0 Å². The predicted octanol–water partition coefficient (Wildman–Crippen LogP) is 2.83. The van der Waals surface area contributed by atoms with Crippen molar-refractivity contribution in [3.63, 3.8) is 0 Å². The largest absolute Gasteiger partial charge is 0.444 e. The summed E-state index contributed by atoms with van der Waals surface area (Å²) in [7, 11) is 3.71. The first-order valence-electron chi connectivity index (χ1n) is 10.4. The fraction of sp³-hybridized carbons (Fsp3) is 0.762. The Labute approximate surface area is 175 Å². The van der Waals surface area contributed by atoms with Crippen LogP contribution in [0.25, 0.3) is 0 Å². The predicted molar refractivity (Wildman–Crippen MR) is 118 cm³/mol. The summed E-state index contributed by atoms with van der Waals surface area (Å²) in [6.07, 6.45) is 2.03. The molecule has 8 nitrogen and oxygen atoms in total. The third-order valence-corrected chi connectivity index (χ3v) is 5.26. The molecule has 0 spiro atoms. The fourth-order valence-corrected chi connectivity index (χ4v) is 3.20. The van der Waals surface area contributed by atoms with Crippen LogP contribution in [0.3, 0.4) is 0 Å². The molecule has 0 atom stereocenters. The number of nitrogens with zero attached hydrogens (tertiary/aromatic N) is 3. The summed E-state index contributed by atoms with van der Waals surface area (Å²) >= 11 is 0. The van der Waals surface area contributed by atoms with E-state index in [0.29, 0.717) is 12.5 Å². The minimum Gasteiger partial charge on any atom is -0.444 e. The molecule has 0 saturated heterocycles. The Hall–Kier alpha value is -2.25. The molecule has 0 fully saturated rings. The third-order valence-electron chi connectivity index (χ3n) is 5.26. The lowest BCUT2D eigenvalue weighted by Crippen LogP contribution is -2.57. The van der Waals surface area contributed by atoms with Crippen molar-refractivity contribution in [1.82, 2.24) is 25.7 Å². The number of alkyl carbamates (subject to hydrolysis) is 1. The van der Waals surface area contributed by atoms with Crippen molar-refractivity contribution in [2.75, 3.05) is 20.1 Å². The topological polar surface area (TPSA) is 92.6 Å². The van der Waals surface area contributed by atoms with E-state index in [9.17, 15) is 4.79 Å². The normalized spacial score (nSPS) is 12.7. The van der Waals surface area contributed by atoms with Gasteiger partial charge < -0.3 is 20.7 Å². The average Bonchev–Trinajstić information content (AvgIpc) is 2.87. The van der Waals surface area contributed by atoms with E-state index in [0.717, 1.165) is 31.5 Å². The van der Waals surface area contributed by atoms with Gasteiger partial charge in [-0.05, 0) is 59.4 Å². The van der Waals surface area contributed by atoms with Crippen molar-refractivity contribution in [3.05, 3.63) is 17.0 Å². The molecule has 1 amide bonds. The molecule has 0 aromatic carbocycles. The molecule has 1 aromatic heterocycles. The summed E-state index contributed by atoms with van der Waals surface area (Å²) in [5, 5.41) is 14.2. The molecule has 29 heavy (non-hydrogen) atoms. The zero-order valence-corrected chi connectivity index (χ0v) is 19.7. The molecule has 0 saturated carbocycles. The standard InChI is InChI=1S/C21H40N6O2/c1-10-21(11-2,25-19(28)29-20(5,6)7)14-24-18(22-8)23-13-12-17-15(3)26-27(9)16(17)4/h10-14H2,1-9H3,(H,25,28)(H2,22,23,24). The number of nitrogens with one attached hydrogen (secondary N) is 3. The highest BCUT2D eigenvalue weighted by Crippen LogP contribution is 2.16. The van der Waals surface area contributed by atoms with Crippen LogP contribution in [0.1, 0.15) is 64.4 Å². The number of guanidine groups is 1.